The van der Waals surface area contributed by atoms with Crippen molar-refractivity contribution >= 4 is 6.08 Å². The number of hydrogen-bond donors (Lipinski definition) is 0. The van der Waals surface area contributed by atoms with Gasteiger partial charge >= 0.3 is 0 Å². The van der Waals surface area contributed by atoms with Gasteiger partial charge in [-0.05, 0) is 17.2 Å². The molecule has 0 atom stereocenters. The predicted octanol–water partition coefficient (Wildman–Crippen LogP) is 4.63. The fraction of sp³-hybridized carbons (Fsp3) is 0.222. The molecule has 2 aromatic carbocycles. The van der Waals surface area contributed by atoms with Crippen LogP contribution in [0.3, 0.4) is 0 Å². The molecule has 0 aliphatic carbocycles. The van der Waals surface area contributed by atoms with Crippen molar-refractivity contribution in [2.24, 2.45) is 0 Å². The van der Waals surface area contributed by atoms with Gasteiger partial charge in [0.05, 0.1) is 12.9 Å². The highest BCUT2D eigenvalue weighted by atomic mass is 16.7. The highest BCUT2D eigenvalue weighted by Gasteiger charge is 2.17. The second kappa shape index (κ2) is 6.92. The first-order valence-corrected chi connectivity index (χ1v) is 6.73. The van der Waals surface area contributed by atoms with Gasteiger partial charge in [-0.1, -0.05) is 60.7 Å². The van der Waals surface area contributed by atoms with Gasteiger partial charge in [-0.3, -0.25) is 0 Å². The van der Waals surface area contributed by atoms with Gasteiger partial charge < -0.3 is 9.47 Å². The lowest BCUT2D eigenvalue weighted by molar-refractivity contribution is -0.188. The van der Waals surface area contributed by atoms with Gasteiger partial charge in [0.15, 0.2) is 0 Å². The van der Waals surface area contributed by atoms with Crippen LogP contribution in [0.15, 0.2) is 66.9 Å². The van der Waals surface area contributed by atoms with Crippen molar-refractivity contribution in [2.45, 2.75) is 26.2 Å². The zero-order chi connectivity index (χ0) is 14.3. The van der Waals surface area contributed by atoms with E-state index in [-0.39, 0.29) is 0 Å². The third-order valence-electron chi connectivity index (χ3n) is 2.84. The minimum atomic E-state index is -0.652. The van der Waals surface area contributed by atoms with E-state index in [9.17, 15) is 0 Å². The summed E-state index contributed by atoms with van der Waals surface area (Å²) in [6.45, 7) is 4.35. The Morgan fingerprint density at radius 3 is 2.15 bits per heavy atom. The number of ether oxygens (including phenoxy) is 2. The Kier molecular flexibility index (Phi) is 4.97. The summed E-state index contributed by atoms with van der Waals surface area (Å²) >= 11 is 0. The van der Waals surface area contributed by atoms with Gasteiger partial charge in [0, 0.05) is 13.8 Å². The highest BCUT2D eigenvalue weighted by Crippen LogP contribution is 2.15. The first-order valence-electron chi connectivity index (χ1n) is 6.73. The van der Waals surface area contributed by atoms with Crippen molar-refractivity contribution in [3.8, 4) is 0 Å². The Hall–Kier alpha value is -2.06. The smallest absolute Gasteiger partial charge is 0.204 e. The molecule has 0 radical (unpaired) electrons. The van der Waals surface area contributed by atoms with Crippen LogP contribution >= 0.6 is 0 Å². The van der Waals surface area contributed by atoms with E-state index in [1.165, 1.54) is 0 Å². The van der Waals surface area contributed by atoms with Crippen LogP contribution in [0, 0.1) is 0 Å². The second-order valence-corrected chi connectivity index (χ2v) is 5.01. The summed E-state index contributed by atoms with van der Waals surface area (Å²) in [5.74, 6) is -0.652. The van der Waals surface area contributed by atoms with Crippen LogP contribution in [-0.2, 0) is 16.1 Å². The summed E-state index contributed by atoms with van der Waals surface area (Å²) in [6.07, 6.45) is 3.61. The van der Waals surface area contributed by atoms with Gasteiger partial charge in [-0.25, -0.2) is 0 Å². The molecular formula is C18H20O2. The van der Waals surface area contributed by atoms with Crippen LogP contribution < -0.4 is 0 Å². The molecule has 2 aromatic rings. The molecule has 0 aromatic heterocycles. The van der Waals surface area contributed by atoms with E-state index in [4.69, 9.17) is 9.47 Å². The Labute approximate surface area is 120 Å². The number of benzene rings is 2. The SMILES string of the molecule is CC(C)(OC=Cc1ccccc1)OCc1ccccc1. The Balaban J connectivity index is 1.83. The maximum Gasteiger partial charge on any atom is 0.204 e. The molecule has 104 valence electrons. The summed E-state index contributed by atoms with van der Waals surface area (Å²) in [4.78, 5) is 0. The Morgan fingerprint density at radius 2 is 1.50 bits per heavy atom. The Bertz CT molecular complexity index is 530. The molecule has 0 N–H and O–H groups in total. The number of rotatable bonds is 6. The lowest BCUT2D eigenvalue weighted by atomic mass is 10.2. The van der Waals surface area contributed by atoms with Crippen molar-refractivity contribution in [3.05, 3.63) is 78.1 Å². The van der Waals surface area contributed by atoms with Gasteiger partial charge in [0.2, 0.25) is 5.79 Å². The van der Waals surface area contributed by atoms with Gasteiger partial charge in [-0.15, -0.1) is 0 Å². The molecule has 0 amide bonds. The molecule has 0 aliphatic heterocycles. The standard InChI is InChI=1S/C18H20O2/c1-18(2,20-15-17-11-7-4-8-12-17)19-14-13-16-9-5-3-6-10-16/h3-14H,15H2,1-2H3. The summed E-state index contributed by atoms with van der Waals surface area (Å²) in [7, 11) is 0. The summed E-state index contributed by atoms with van der Waals surface area (Å²) in [5.41, 5.74) is 2.24. The molecule has 0 aliphatic rings. The van der Waals surface area contributed by atoms with Crippen molar-refractivity contribution in [3.63, 3.8) is 0 Å². The lowest BCUT2D eigenvalue weighted by Gasteiger charge is -2.24. The first kappa shape index (κ1) is 14.4. The fourth-order valence-corrected chi connectivity index (χ4v) is 1.71. The average molecular weight is 268 g/mol. The van der Waals surface area contributed by atoms with Crippen LogP contribution in [-0.4, -0.2) is 5.79 Å². The molecule has 20 heavy (non-hydrogen) atoms. The lowest BCUT2D eigenvalue weighted by Crippen LogP contribution is -2.25. The molecule has 2 nitrogen and oxygen atoms in total. The third kappa shape index (κ3) is 4.90. The van der Waals surface area contributed by atoms with Crippen LogP contribution in [0.1, 0.15) is 25.0 Å². The van der Waals surface area contributed by atoms with Crippen LogP contribution in [0.2, 0.25) is 0 Å². The van der Waals surface area contributed by atoms with E-state index >= 15 is 0 Å². The molecule has 2 rings (SSSR count). The van der Waals surface area contributed by atoms with E-state index in [0.29, 0.717) is 6.61 Å². The van der Waals surface area contributed by atoms with Gasteiger partial charge in [-0.2, -0.15) is 0 Å². The minimum Gasteiger partial charge on any atom is -0.471 e. The average Bonchev–Trinajstić information content (AvgIpc) is 2.47. The molecule has 0 bridgehead atoms. The maximum atomic E-state index is 5.78. The third-order valence-corrected chi connectivity index (χ3v) is 2.84. The molecule has 0 fully saturated rings. The topological polar surface area (TPSA) is 18.5 Å². The molecule has 0 saturated heterocycles. The van der Waals surface area contributed by atoms with Gasteiger partial charge in [0.1, 0.15) is 0 Å². The summed E-state index contributed by atoms with van der Waals surface area (Å²) < 4.78 is 11.4. The summed E-state index contributed by atoms with van der Waals surface area (Å²) in [5, 5.41) is 0. The van der Waals surface area contributed by atoms with Crippen LogP contribution in [0.5, 0.6) is 0 Å². The normalized spacial score (nSPS) is 11.7. The highest BCUT2D eigenvalue weighted by molar-refractivity contribution is 5.47. The van der Waals surface area contributed by atoms with E-state index in [2.05, 4.69) is 0 Å². The van der Waals surface area contributed by atoms with Crippen molar-refractivity contribution in [2.75, 3.05) is 0 Å². The second-order valence-electron chi connectivity index (χ2n) is 5.01. The van der Waals surface area contributed by atoms with Crippen LogP contribution in [0.4, 0.5) is 0 Å². The van der Waals surface area contributed by atoms with Crippen molar-refractivity contribution < 1.29 is 9.47 Å². The molecule has 0 spiro atoms. The zero-order valence-corrected chi connectivity index (χ0v) is 12.0. The minimum absolute atomic E-state index is 0.535. The van der Waals surface area contributed by atoms with Crippen LogP contribution in [0.25, 0.3) is 6.08 Å². The van der Waals surface area contributed by atoms with E-state index < -0.39 is 5.79 Å². The van der Waals surface area contributed by atoms with Crippen molar-refractivity contribution in [1.82, 2.24) is 0 Å². The summed E-state index contributed by atoms with van der Waals surface area (Å²) in [6, 6.07) is 20.1. The quantitative estimate of drug-likeness (QED) is 0.562. The monoisotopic (exact) mass is 268 g/mol. The first-order chi connectivity index (χ1) is 9.66. The molecular weight excluding hydrogens is 248 g/mol. The van der Waals surface area contributed by atoms with E-state index in [1.54, 1.807) is 6.26 Å². The molecule has 0 heterocycles. The maximum absolute atomic E-state index is 5.78. The van der Waals surface area contributed by atoms with E-state index in [1.807, 2.05) is 80.6 Å². The predicted molar refractivity (Wildman–Crippen MR) is 81.9 cm³/mol. The fourth-order valence-electron chi connectivity index (χ4n) is 1.71. The van der Waals surface area contributed by atoms with Crippen molar-refractivity contribution in [1.29, 1.82) is 0 Å². The largest absolute Gasteiger partial charge is 0.471 e. The Morgan fingerprint density at radius 1 is 0.900 bits per heavy atom. The number of hydrogen-bond acceptors (Lipinski definition) is 2. The zero-order valence-electron chi connectivity index (χ0n) is 12.0. The molecule has 0 unspecified atom stereocenters. The van der Waals surface area contributed by atoms with E-state index in [0.717, 1.165) is 11.1 Å². The molecule has 0 saturated carbocycles. The molecule has 2 heteroatoms. The van der Waals surface area contributed by atoms with Gasteiger partial charge in [0.25, 0.3) is 0 Å².